The van der Waals surface area contributed by atoms with Gasteiger partial charge in [0.05, 0.1) is 32.8 Å². The molecular weight excluding hydrogens is 620 g/mol. The number of hydrogen-bond acceptors (Lipinski definition) is 9. The van der Waals surface area contributed by atoms with Gasteiger partial charge in [0.25, 0.3) is 0 Å². The van der Waals surface area contributed by atoms with Crippen LogP contribution in [0.5, 0.6) is 0 Å². The van der Waals surface area contributed by atoms with E-state index >= 15 is 0 Å². The lowest BCUT2D eigenvalue weighted by Crippen LogP contribution is -2.59. The average molecular weight is 691 g/mol. The molecular formula is C40H70N2O7. The highest BCUT2D eigenvalue weighted by molar-refractivity contribution is 5.92. The molecule has 1 aliphatic carbocycles. The van der Waals surface area contributed by atoms with E-state index in [-0.39, 0.29) is 35.8 Å². The predicted octanol–water partition coefficient (Wildman–Crippen LogP) is 7.90. The van der Waals surface area contributed by atoms with Crippen LogP contribution in [0.15, 0.2) is 71.9 Å². The molecule has 6 atom stereocenters. The highest BCUT2D eigenvalue weighted by Gasteiger charge is 2.49. The fraction of sp³-hybridized carbons (Fsp3) is 0.650. The maximum absolute atomic E-state index is 13.4. The van der Waals surface area contributed by atoms with Crippen molar-refractivity contribution >= 4 is 11.9 Å². The summed E-state index contributed by atoms with van der Waals surface area (Å²) in [5.41, 5.74) is 2.40. The largest absolute Gasteiger partial charge is 0.493 e. The van der Waals surface area contributed by atoms with E-state index in [0.29, 0.717) is 29.9 Å². The number of nitrogens with zero attached hydrogens (tertiary/aromatic N) is 1. The maximum atomic E-state index is 13.4. The normalized spacial score (nSPS) is 23.5. The Morgan fingerprint density at radius 3 is 1.98 bits per heavy atom. The molecule has 1 heterocycles. The molecule has 1 saturated heterocycles. The molecule has 1 saturated carbocycles. The first-order chi connectivity index (χ1) is 23.7. The molecule has 49 heavy (non-hydrogen) atoms. The maximum Gasteiger partial charge on any atom is 0.338 e. The molecule has 282 valence electrons. The van der Waals surface area contributed by atoms with Gasteiger partial charge in [0, 0.05) is 31.4 Å². The van der Waals surface area contributed by atoms with Gasteiger partial charge in [-0.25, -0.2) is 4.79 Å². The van der Waals surface area contributed by atoms with Crippen LogP contribution in [0, 0.1) is 17.8 Å². The zero-order valence-electron chi connectivity index (χ0n) is 33.1. The van der Waals surface area contributed by atoms with E-state index in [4.69, 9.17) is 24.1 Å². The van der Waals surface area contributed by atoms with Crippen molar-refractivity contribution in [3.63, 3.8) is 0 Å². The number of aliphatic hydroxyl groups is 1. The Morgan fingerprint density at radius 2 is 1.53 bits per heavy atom. The van der Waals surface area contributed by atoms with Crippen LogP contribution in [0.25, 0.3) is 0 Å². The van der Waals surface area contributed by atoms with E-state index in [2.05, 4.69) is 37.2 Å². The number of ether oxygens (including phenoxy) is 4. The van der Waals surface area contributed by atoms with Crippen LogP contribution < -0.4 is 5.32 Å². The van der Waals surface area contributed by atoms with Crippen molar-refractivity contribution in [3.8, 4) is 0 Å². The summed E-state index contributed by atoms with van der Waals surface area (Å²) in [6, 6.07) is 0.413. The summed E-state index contributed by atoms with van der Waals surface area (Å²) in [6.45, 7) is 27.7. The topological polar surface area (TPSA) is 107 Å². The number of likely N-dealkylation sites (tertiary alicyclic amines) is 1. The molecule has 9 nitrogen and oxygen atoms in total. The minimum Gasteiger partial charge on any atom is -0.493 e. The Morgan fingerprint density at radius 1 is 0.918 bits per heavy atom. The quantitative estimate of drug-likeness (QED) is 0.0768. The van der Waals surface area contributed by atoms with Gasteiger partial charge in [0.15, 0.2) is 11.5 Å². The molecule has 0 amide bonds. The van der Waals surface area contributed by atoms with E-state index in [9.17, 15) is 9.59 Å². The van der Waals surface area contributed by atoms with Gasteiger partial charge in [-0.05, 0) is 95.1 Å². The smallest absolute Gasteiger partial charge is 0.338 e. The second-order valence-corrected chi connectivity index (χ2v) is 11.3. The Hall–Kier alpha value is -3.30. The minimum atomic E-state index is -0.452. The van der Waals surface area contributed by atoms with Gasteiger partial charge in [0.2, 0.25) is 0 Å². The van der Waals surface area contributed by atoms with E-state index < -0.39 is 12.1 Å². The first-order valence-electron chi connectivity index (χ1n) is 18.0. The zero-order chi connectivity index (χ0) is 38.1. The molecule has 0 aromatic heterocycles. The summed E-state index contributed by atoms with van der Waals surface area (Å²) in [7, 11) is 5.52. The molecule has 0 aromatic rings. The molecule has 2 aliphatic rings. The number of esters is 2. The molecule has 6 unspecified atom stereocenters. The summed E-state index contributed by atoms with van der Waals surface area (Å²) < 4.78 is 22.2. The third-order valence-electron chi connectivity index (χ3n) is 8.90. The van der Waals surface area contributed by atoms with Gasteiger partial charge in [0.1, 0.15) is 6.10 Å². The molecule has 1 aliphatic heterocycles. The van der Waals surface area contributed by atoms with Crippen LogP contribution in [0.3, 0.4) is 0 Å². The number of hydrogen-bond donors (Lipinski definition) is 2. The number of nitrogens with one attached hydrogen (secondary N) is 1. The van der Waals surface area contributed by atoms with Crippen molar-refractivity contribution in [2.75, 3.05) is 41.5 Å². The molecule has 0 radical (unpaired) electrons. The number of carbonyl (C=O) groups excluding carboxylic acids is 2. The molecule has 2 fully saturated rings. The molecule has 2 N–H and O–H groups in total. The lowest BCUT2D eigenvalue weighted by atomic mass is 9.65. The highest BCUT2D eigenvalue weighted by Crippen LogP contribution is 2.45. The summed E-state index contributed by atoms with van der Waals surface area (Å²) in [4.78, 5) is 29.1. The second-order valence-electron chi connectivity index (χ2n) is 11.3. The van der Waals surface area contributed by atoms with E-state index in [1.807, 2.05) is 53.7 Å². The molecule has 0 spiro atoms. The van der Waals surface area contributed by atoms with Crippen molar-refractivity contribution in [2.24, 2.45) is 17.8 Å². The van der Waals surface area contributed by atoms with E-state index in [0.717, 1.165) is 50.7 Å². The van der Waals surface area contributed by atoms with Crippen LogP contribution in [-0.4, -0.2) is 81.7 Å². The Balaban J connectivity index is 0. The lowest BCUT2D eigenvalue weighted by molar-refractivity contribution is -0.163. The van der Waals surface area contributed by atoms with Gasteiger partial charge in [-0.1, -0.05) is 66.9 Å². The number of methoxy groups -OCH3 is 3. The number of rotatable bonds is 15. The minimum absolute atomic E-state index is 0.133. The van der Waals surface area contributed by atoms with Crippen LogP contribution in [-0.2, 0) is 28.5 Å². The number of fused-ring (bicyclic) bond motifs is 1. The van der Waals surface area contributed by atoms with Crippen molar-refractivity contribution in [3.05, 3.63) is 71.9 Å². The van der Waals surface area contributed by atoms with Gasteiger partial charge >= 0.3 is 11.9 Å². The monoisotopic (exact) mass is 691 g/mol. The predicted molar refractivity (Wildman–Crippen MR) is 203 cm³/mol. The summed E-state index contributed by atoms with van der Waals surface area (Å²) >= 11 is 0. The van der Waals surface area contributed by atoms with Crippen LogP contribution in [0.1, 0.15) is 94.4 Å². The van der Waals surface area contributed by atoms with E-state index in [1.165, 1.54) is 14.2 Å². The highest BCUT2D eigenvalue weighted by atomic mass is 16.5. The van der Waals surface area contributed by atoms with Crippen LogP contribution in [0.2, 0.25) is 0 Å². The fourth-order valence-corrected chi connectivity index (χ4v) is 6.63. The molecule has 2 rings (SSSR count). The molecule has 9 heteroatoms. The standard InChI is InChI=1S/C35H54N2O6.2C2H6.CH4O/c1-11-17-37-22-25-18-26(43-34(38)24(13-3)19-33(41-9)32(16-6)40-8)20-28(35(39)42-10)27(25)21-31(37)30(15-5)36-29(14-4)23(7)12-2;3*1-2/h12-14,16,19,25-28,30-31,36H,2,4,11,15,17-18,20-22H2,1,3,5-10H3;2*1-2H3;2H,1H3/b24-13+,29-23+,32-16-,33-19+;;;. The number of aliphatic hydroxyl groups excluding tert-OH is 1. The lowest BCUT2D eigenvalue weighted by Gasteiger charge is -2.51. The second kappa shape index (κ2) is 27.5. The summed E-state index contributed by atoms with van der Waals surface area (Å²) in [6.07, 6.45) is 12.3. The summed E-state index contributed by atoms with van der Waals surface area (Å²) in [5, 5.41) is 10.7. The first-order valence-corrected chi connectivity index (χ1v) is 18.0. The van der Waals surface area contributed by atoms with Crippen molar-refractivity contribution < 1.29 is 33.6 Å². The average Bonchev–Trinajstić information content (AvgIpc) is 3.15. The van der Waals surface area contributed by atoms with Crippen LogP contribution in [0.4, 0.5) is 0 Å². The van der Waals surface area contributed by atoms with Gasteiger partial charge in [-0.3, -0.25) is 9.69 Å². The molecule has 0 aromatic carbocycles. The van der Waals surface area contributed by atoms with Crippen molar-refractivity contribution in [2.45, 2.75) is 113 Å². The number of piperidine rings is 1. The van der Waals surface area contributed by atoms with Gasteiger partial charge in [-0.2, -0.15) is 0 Å². The van der Waals surface area contributed by atoms with Crippen molar-refractivity contribution in [1.29, 1.82) is 0 Å². The SMILES string of the molecule is C=C/C(C)=C(\C=C)NC(CC)C1CC2C(CC(OC(=O)C(=C/C)/C=C(OC)\C(=C\C)OC)CC2C(=O)OC)CN1CCC.CC.CC.CO. The van der Waals surface area contributed by atoms with Gasteiger partial charge in [-0.15, -0.1) is 0 Å². The van der Waals surface area contributed by atoms with Crippen molar-refractivity contribution in [1.82, 2.24) is 10.2 Å². The van der Waals surface area contributed by atoms with E-state index in [1.54, 1.807) is 32.3 Å². The fourth-order valence-electron chi connectivity index (χ4n) is 6.63. The Kier molecular flexibility index (Phi) is 26.8. The van der Waals surface area contributed by atoms with Gasteiger partial charge < -0.3 is 29.4 Å². The number of carbonyl (C=O) groups is 2. The molecule has 0 bridgehead atoms. The van der Waals surface area contributed by atoms with Crippen LogP contribution >= 0.6 is 0 Å². The zero-order valence-corrected chi connectivity index (χ0v) is 33.1. The Bertz CT molecular complexity index is 1110. The Labute approximate surface area is 299 Å². The number of allylic oxidation sites excluding steroid dienone is 5. The first kappa shape index (κ1) is 47.8. The third kappa shape index (κ3) is 14.2. The summed E-state index contributed by atoms with van der Waals surface area (Å²) in [5.74, 6) is 0.235. The third-order valence-corrected chi connectivity index (χ3v) is 8.90.